The summed E-state index contributed by atoms with van der Waals surface area (Å²) in [4.78, 5) is 8.14. The first kappa shape index (κ1) is 13.8. The minimum absolute atomic E-state index is 0.137. The molecule has 21 heavy (non-hydrogen) atoms. The van der Waals surface area contributed by atoms with E-state index >= 15 is 0 Å². The molecule has 1 N–H and O–H groups in total. The first-order chi connectivity index (χ1) is 9.93. The van der Waals surface area contributed by atoms with Crippen LogP contribution in [0.5, 0.6) is 0 Å². The predicted octanol–water partition coefficient (Wildman–Crippen LogP) is 3.82. The Morgan fingerprint density at radius 3 is 2.52 bits per heavy atom. The molecule has 0 unspecified atom stereocenters. The van der Waals surface area contributed by atoms with Gasteiger partial charge in [0.05, 0.1) is 0 Å². The van der Waals surface area contributed by atoms with E-state index in [4.69, 9.17) is 11.6 Å². The van der Waals surface area contributed by atoms with Crippen molar-refractivity contribution in [1.29, 1.82) is 0 Å². The van der Waals surface area contributed by atoms with Crippen LogP contribution in [0.15, 0.2) is 36.7 Å². The van der Waals surface area contributed by atoms with Crippen molar-refractivity contribution < 1.29 is 0 Å². The van der Waals surface area contributed by atoms with Crippen molar-refractivity contribution in [2.24, 2.45) is 0 Å². The number of hydrogen-bond acceptors (Lipinski definition) is 4. The van der Waals surface area contributed by atoms with Crippen LogP contribution < -0.4 is 5.32 Å². The van der Waals surface area contributed by atoms with E-state index in [1.54, 1.807) is 10.6 Å². The lowest BCUT2D eigenvalue weighted by molar-refractivity contribution is 0.590. The second kappa shape index (κ2) is 5.00. The predicted molar refractivity (Wildman–Crippen MR) is 84.2 cm³/mol. The standard InChI is InChI=1S/C15H16ClN5/c1-15(2,3)10-4-6-11(7-5-10)19-13-8-12(16)20-14-17-9-18-21(13)14/h4-9,19H,1-3H3. The van der Waals surface area contributed by atoms with Gasteiger partial charge >= 0.3 is 0 Å². The van der Waals surface area contributed by atoms with Gasteiger partial charge in [-0.05, 0) is 23.1 Å². The molecule has 0 saturated heterocycles. The Balaban J connectivity index is 1.93. The van der Waals surface area contributed by atoms with Gasteiger partial charge in [-0.15, -0.1) is 0 Å². The molecule has 0 amide bonds. The van der Waals surface area contributed by atoms with Crippen LogP contribution in [0, 0.1) is 0 Å². The topological polar surface area (TPSA) is 55.1 Å². The number of anilines is 2. The van der Waals surface area contributed by atoms with Gasteiger partial charge in [0.2, 0.25) is 0 Å². The summed E-state index contributed by atoms with van der Waals surface area (Å²) >= 11 is 6.00. The Kier molecular flexibility index (Phi) is 3.29. The van der Waals surface area contributed by atoms with Crippen LogP contribution >= 0.6 is 11.6 Å². The Bertz CT molecular complexity index is 771. The highest BCUT2D eigenvalue weighted by Crippen LogP contribution is 2.25. The molecule has 0 aliphatic carbocycles. The molecule has 0 saturated carbocycles. The molecule has 3 rings (SSSR count). The number of rotatable bonds is 2. The van der Waals surface area contributed by atoms with Crippen molar-refractivity contribution in [3.05, 3.63) is 47.4 Å². The maximum absolute atomic E-state index is 6.00. The number of benzene rings is 1. The number of fused-ring (bicyclic) bond motifs is 1. The Hall–Kier alpha value is -2.14. The normalized spacial score (nSPS) is 11.8. The van der Waals surface area contributed by atoms with Crippen molar-refractivity contribution in [2.45, 2.75) is 26.2 Å². The van der Waals surface area contributed by atoms with E-state index < -0.39 is 0 Å². The zero-order chi connectivity index (χ0) is 15.0. The first-order valence-electron chi connectivity index (χ1n) is 6.67. The van der Waals surface area contributed by atoms with Crippen molar-refractivity contribution in [2.75, 3.05) is 5.32 Å². The van der Waals surface area contributed by atoms with Gasteiger partial charge in [-0.1, -0.05) is 44.5 Å². The highest BCUT2D eigenvalue weighted by atomic mass is 35.5. The van der Waals surface area contributed by atoms with Crippen LogP contribution in [0.3, 0.4) is 0 Å². The number of nitrogens with one attached hydrogen (secondary N) is 1. The SMILES string of the molecule is CC(C)(C)c1ccc(Nc2cc(Cl)nc3ncnn23)cc1. The van der Waals surface area contributed by atoms with Crippen molar-refractivity contribution in [3.63, 3.8) is 0 Å². The van der Waals surface area contributed by atoms with E-state index in [2.05, 4.69) is 53.3 Å². The third-order valence-corrected chi connectivity index (χ3v) is 3.44. The fourth-order valence-corrected chi connectivity index (χ4v) is 2.25. The summed E-state index contributed by atoms with van der Waals surface area (Å²) in [6.07, 6.45) is 1.45. The smallest absolute Gasteiger partial charge is 0.255 e. The van der Waals surface area contributed by atoms with Gasteiger partial charge in [0.15, 0.2) is 0 Å². The fourth-order valence-electron chi connectivity index (χ4n) is 2.07. The zero-order valence-corrected chi connectivity index (χ0v) is 12.9. The summed E-state index contributed by atoms with van der Waals surface area (Å²) in [5.74, 6) is 1.20. The highest BCUT2D eigenvalue weighted by molar-refractivity contribution is 6.29. The van der Waals surface area contributed by atoms with Crippen LogP contribution in [0.2, 0.25) is 5.15 Å². The minimum Gasteiger partial charge on any atom is -0.340 e. The Morgan fingerprint density at radius 2 is 1.86 bits per heavy atom. The van der Waals surface area contributed by atoms with Gasteiger partial charge in [-0.2, -0.15) is 19.6 Å². The fraction of sp³-hybridized carbons (Fsp3) is 0.267. The summed E-state index contributed by atoms with van der Waals surface area (Å²) in [6, 6.07) is 10.0. The van der Waals surface area contributed by atoms with Gasteiger partial charge in [0, 0.05) is 11.8 Å². The van der Waals surface area contributed by atoms with Crippen LogP contribution in [0.4, 0.5) is 11.5 Å². The van der Waals surface area contributed by atoms with Gasteiger partial charge in [-0.3, -0.25) is 0 Å². The zero-order valence-electron chi connectivity index (χ0n) is 12.1. The molecule has 1 aromatic carbocycles. The van der Waals surface area contributed by atoms with Gasteiger partial charge in [-0.25, -0.2) is 0 Å². The quantitative estimate of drug-likeness (QED) is 0.731. The Morgan fingerprint density at radius 1 is 1.14 bits per heavy atom. The van der Waals surface area contributed by atoms with E-state index in [1.807, 2.05) is 12.1 Å². The maximum Gasteiger partial charge on any atom is 0.255 e. The average molecular weight is 302 g/mol. The molecular formula is C15H16ClN5. The van der Waals surface area contributed by atoms with E-state index in [-0.39, 0.29) is 5.41 Å². The lowest BCUT2D eigenvalue weighted by Gasteiger charge is -2.19. The molecule has 0 spiro atoms. The van der Waals surface area contributed by atoms with Crippen molar-refractivity contribution in [3.8, 4) is 0 Å². The molecule has 0 aliphatic heterocycles. The highest BCUT2D eigenvalue weighted by Gasteiger charge is 2.13. The van der Waals surface area contributed by atoms with Crippen molar-refractivity contribution >= 4 is 28.9 Å². The summed E-state index contributed by atoms with van der Waals surface area (Å²) in [6.45, 7) is 6.57. The first-order valence-corrected chi connectivity index (χ1v) is 7.05. The molecule has 0 radical (unpaired) electrons. The van der Waals surface area contributed by atoms with E-state index in [0.29, 0.717) is 10.9 Å². The number of halogens is 1. The second-order valence-electron chi connectivity index (χ2n) is 5.89. The second-order valence-corrected chi connectivity index (χ2v) is 6.28. The minimum atomic E-state index is 0.137. The van der Waals surface area contributed by atoms with E-state index in [1.165, 1.54) is 11.9 Å². The molecule has 6 heteroatoms. The maximum atomic E-state index is 6.00. The van der Waals surface area contributed by atoms with E-state index in [0.717, 1.165) is 11.5 Å². The Labute approximate surface area is 128 Å². The molecule has 108 valence electrons. The van der Waals surface area contributed by atoms with Crippen LogP contribution in [0.25, 0.3) is 5.78 Å². The lowest BCUT2D eigenvalue weighted by atomic mass is 9.87. The summed E-state index contributed by atoms with van der Waals surface area (Å²) in [5.41, 5.74) is 2.38. The largest absolute Gasteiger partial charge is 0.340 e. The lowest BCUT2D eigenvalue weighted by Crippen LogP contribution is -2.10. The monoisotopic (exact) mass is 301 g/mol. The van der Waals surface area contributed by atoms with E-state index in [9.17, 15) is 0 Å². The molecule has 2 heterocycles. The molecular weight excluding hydrogens is 286 g/mol. The molecule has 0 aliphatic rings. The van der Waals surface area contributed by atoms with Gasteiger partial charge in [0.1, 0.15) is 17.3 Å². The third kappa shape index (κ3) is 2.83. The number of nitrogens with zero attached hydrogens (tertiary/aromatic N) is 4. The molecule has 2 aromatic heterocycles. The van der Waals surface area contributed by atoms with Crippen molar-refractivity contribution in [1.82, 2.24) is 19.6 Å². The van der Waals surface area contributed by atoms with Gasteiger partial charge in [0.25, 0.3) is 5.78 Å². The molecule has 3 aromatic rings. The summed E-state index contributed by atoms with van der Waals surface area (Å²) in [7, 11) is 0. The van der Waals surface area contributed by atoms with Crippen LogP contribution in [-0.4, -0.2) is 19.6 Å². The third-order valence-electron chi connectivity index (χ3n) is 3.24. The number of hydrogen-bond donors (Lipinski definition) is 1. The number of aromatic nitrogens is 4. The van der Waals surface area contributed by atoms with Crippen LogP contribution in [-0.2, 0) is 5.41 Å². The average Bonchev–Trinajstić information content (AvgIpc) is 2.86. The summed E-state index contributed by atoms with van der Waals surface area (Å²) in [5, 5.41) is 7.80. The molecule has 0 fully saturated rings. The van der Waals surface area contributed by atoms with Crippen LogP contribution in [0.1, 0.15) is 26.3 Å². The molecule has 5 nitrogen and oxygen atoms in total. The molecule has 0 bridgehead atoms. The molecule has 0 atom stereocenters. The van der Waals surface area contributed by atoms with Gasteiger partial charge < -0.3 is 5.32 Å². The summed E-state index contributed by atoms with van der Waals surface area (Å²) < 4.78 is 1.61.